The molecule has 2 aliphatic rings. The molecule has 130 valence electrons. The number of hydrogen-bond donors (Lipinski definition) is 2. The molecule has 2 N–H and O–H groups in total. The summed E-state index contributed by atoms with van der Waals surface area (Å²) in [5, 5.41) is 13.5. The van der Waals surface area contributed by atoms with E-state index in [1.54, 1.807) is 18.3 Å². The molecule has 0 aromatic carbocycles. The summed E-state index contributed by atoms with van der Waals surface area (Å²) in [5.41, 5.74) is 0.983. The topological polar surface area (TPSA) is 64.5 Å². The third-order valence-corrected chi connectivity index (χ3v) is 5.24. The lowest BCUT2D eigenvalue weighted by Crippen LogP contribution is -2.43. The van der Waals surface area contributed by atoms with Crippen molar-refractivity contribution in [2.24, 2.45) is 0 Å². The fourth-order valence-corrected chi connectivity index (χ4v) is 3.44. The smallest absolute Gasteiger partial charge is 0.134 e. The van der Waals surface area contributed by atoms with Gasteiger partial charge in [-0.1, -0.05) is 30.2 Å². The van der Waals surface area contributed by atoms with E-state index in [0.29, 0.717) is 6.54 Å². The van der Waals surface area contributed by atoms with E-state index < -0.39 is 6.10 Å². The van der Waals surface area contributed by atoms with Crippen LogP contribution in [0.25, 0.3) is 0 Å². The first-order valence-electron chi connectivity index (χ1n) is 8.41. The molecule has 1 aliphatic heterocycles. The minimum atomic E-state index is -0.509. The van der Waals surface area contributed by atoms with Crippen LogP contribution >= 0.6 is 11.9 Å². The van der Waals surface area contributed by atoms with Crippen LogP contribution in [0.15, 0.2) is 36.2 Å². The fraction of sp³-hybridized carbons (Fsp3) is 0.529. The zero-order valence-electron chi connectivity index (χ0n) is 14.1. The molecule has 0 spiro atoms. The molecule has 7 heteroatoms. The van der Waals surface area contributed by atoms with E-state index >= 15 is 0 Å². The van der Waals surface area contributed by atoms with Crippen LogP contribution < -0.4 is 10.2 Å². The average molecular weight is 347 g/mol. The Morgan fingerprint density at radius 3 is 2.79 bits per heavy atom. The fourth-order valence-electron chi connectivity index (χ4n) is 2.92. The highest BCUT2D eigenvalue weighted by atomic mass is 32.2. The molecular weight excluding hydrogens is 322 g/mol. The lowest BCUT2D eigenvalue weighted by atomic mass is 10.0. The highest BCUT2D eigenvalue weighted by Gasteiger charge is 2.18. The molecule has 1 unspecified atom stereocenters. The van der Waals surface area contributed by atoms with Gasteiger partial charge in [0, 0.05) is 38.8 Å². The number of rotatable bonds is 6. The number of hydrogen-bond acceptors (Lipinski definition) is 7. The second-order valence-electron chi connectivity index (χ2n) is 5.94. The van der Waals surface area contributed by atoms with Crippen molar-refractivity contribution in [3.8, 4) is 0 Å². The summed E-state index contributed by atoms with van der Waals surface area (Å²) in [4.78, 5) is 10.9. The highest BCUT2D eigenvalue weighted by molar-refractivity contribution is 7.96. The summed E-state index contributed by atoms with van der Waals surface area (Å²) in [5.74, 6) is 1.70. The van der Waals surface area contributed by atoms with Gasteiger partial charge in [-0.15, -0.1) is 0 Å². The van der Waals surface area contributed by atoms with E-state index in [9.17, 15) is 5.11 Å². The monoisotopic (exact) mass is 347 g/mol. The number of anilines is 2. The number of allylic oxidation sites excluding steroid dienone is 2. The third-order valence-electron chi connectivity index (χ3n) is 4.36. The van der Waals surface area contributed by atoms with Crippen LogP contribution in [-0.2, 0) is 0 Å². The van der Waals surface area contributed by atoms with Crippen molar-refractivity contribution in [1.29, 1.82) is 0 Å². The molecule has 0 amide bonds. The zero-order valence-corrected chi connectivity index (χ0v) is 14.9. The Morgan fingerprint density at radius 2 is 2.08 bits per heavy atom. The number of aromatic nitrogens is 2. The quantitative estimate of drug-likeness (QED) is 0.762. The van der Waals surface area contributed by atoms with Gasteiger partial charge in [-0.2, -0.15) is 0 Å². The summed E-state index contributed by atoms with van der Waals surface area (Å²) in [6.07, 6.45) is 11.5. The Morgan fingerprint density at radius 1 is 1.25 bits per heavy atom. The zero-order chi connectivity index (χ0) is 16.8. The Hall–Kier alpha value is -1.57. The highest BCUT2D eigenvalue weighted by Crippen LogP contribution is 2.19. The van der Waals surface area contributed by atoms with Crippen molar-refractivity contribution < 1.29 is 5.11 Å². The number of piperazine rings is 1. The minimum Gasteiger partial charge on any atom is -0.387 e. The molecule has 0 bridgehead atoms. The Kier molecular flexibility index (Phi) is 6.12. The van der Waals surface area contributed by atoms with Crippen molar-refractivity contribution in [1.82, 2.24) is 14.3 Å². The van der Waals surface area contributed by atoms with Gasteiger partial charge < -0.3 is 15.3 Å². The number of nitrogens with zero attached hydrogens (tertiary/aromatic N) is 4. The van der Waals surface area contributed by atoms with E-state index in [0.717, 1.165) is 56.2 Å². The SMILES string of the molecule is CSN1CCN(c2cc(NCC(O)C3=CCCC=C3)ncn2)CC1. The molecule has 1 saturated heterocycles. The standard InChI is InChI=1S/C17H25N5OS/c1-24-22-9-7-21(8-10-22)17-11-16(19-13-20-17)18-12-15(23)14-5-3-2-4-6-14/h3,5-6,11,13,15,23H,2,4,7-10,12H2,1H3,(H,18,19,20). The molecule has 24 heavy (non-hydrogen) atoms. The first kappa shape index (κ1) is 17.3. The molecule has 1 aromatic heterocycles. The predicted octanol–water partition coefficient (Wildman–Crippen LogP) is 1.93. The minimum absolute atomic E-state index is 0.451. The summed E-state index contributed by atoms with van der Waals surface area (Å²) >= 11 is 1.79. The van der Waals surface area contributed by atoms with E-state index in [1.165, 1.54) is 0 Å². The molecule has 1 atom stereocenters. The van der Waals surface area contributed by atoms with Gasteiger partial charge in [-0.05, 0) is 24.7 Å². The summed E-state index contributed by atoms with van der Waals surface area (Å²) in [6, 6.07) is 1.96. The summed E-state index contributed by atoms with van der Waals surface area (Å²) in [7, 11) is 0. The maximum Gasteiger partial charge on any atom is 0.134 e. The van der Waals surface area contributed by atoms with Crippen molar-refractivity contribution >= 4 is 23.6 Å². The third kappa shape index (κ3) is 4.49. The van der Waals surface area contributed by atoms with Gasteiger partial charge in [0.15, 0.2) is 0 Å². The van der Waals surface area contributed by atoms with Crippen LogP contribution in [0.2, 0.25) is 0 Å². The summed E-state index contributed by atoms with van der Waals surface area (Å²) < 4.78 is 2.36. The van der Waals surface area contributed by atoms with Crippen LogP contribution in [0.5, 0.6) is 0 Å². The van der Waals surface area contributed by atoms with Crippen LogP contribution in [0, 0.1) is 0 Å². The molecule has 1 fully saturated rings. The molecule has 2 heterocycles. The van der Waals surface area contributed by atoms with Crippen LogP contribution in [-0.4, -0.2) is 64.5 Å². The van der Waals surface area contributed by atoms with Crippen LogP contribution in [0.1, 0.15) is 12.8 Å². The second-order valence-corrected chi connectivity index (χ2v) is 6.82. The normalized spacial score (nSPS) is 19.9. The van der Waals surface area contributed by atoms with Gasteiger partial charge >= 0.3 is 0 Å². The number of aliphatic hydroxyl groups is 1. The first-order chi connectivity index (χ1) is 11.8. The number of aliphatic hydroxyl groups excluding tert-OH is 1. The second kappa shape index (κ2) is 8.50. The lowest BCUT2D eigenvalue weighted by molar-refractivity contribution is 0.227. The van der Waals surface area contributed by atoms with Gasteiger partial charge in [0.1, 0.15) is 18.0 Å². The molecule has 0 saturated carbocycles. The molecule has 1 aromatic rings. The Balaban J connectivity index is 1.55. The molecule has 6 nitrogen and oxygen atoms in total. The van der Waals surface area contributed by atoms with E-state index in [1.807, 2.05) is 12.1 Å². The molecule has 1 aliphatic carbocycles. The van der Waals surface area contributed by atoms with E-state index in [-0.39, 0.29) is 0 Å². The van der Waals surface area contributed by atoms with E-state index in [4.69, 9.17) is 0 Å². The predicted molar refractivity (Wildman–Crippen MR) is 100 cm³/mol. The van der Waals surface area contributed by atoms with Crippen LogP contribution in [0.3, 0.4) is 0 Å². The van der Waals surface area contributed by atoms with E-state index in [2.05, 4.69) is 42.9 Å². The summed E-state index contributed by atoms with van der Waals surface area (Å²) in [6.45, 7) is 4.46. The lowest BCUT2D eigenvalue weighted by Gasteiger charge is -2.33. The first-order valence-corrected chi connectivity index (χ1v) is 9.59. The Bertz CT molecular complexity index is 598. The Labute approximate surface area is 147 Å². The number of nitrogens with one attached hydrogen (secondary N) is 1. The molecule has 3 rings (SSSR count). The van der Waals surface area contributed by atoms with Crippen molar-refractivity contribution in [2.45, 2.75) is 18.9 Å². The molecule has 0 radical (unpaired) electrons. The van der Waals surface area contributed by atoms with Gasteiger partial charge in [0.25, 0.3) is 0 Å². The van der Waals surface area contributed by atoms with Crippen LogP contribution in [0.4, 0.5) is 11.6 Å². The van der Waals surface area contributed by atoms with Gasteiger partial charge in [-0.25, -0.2) is 14.3 Å². The van der Waals surface area contributed by atoms with Crippen molar-refractivity contribution in [2.75, 3.05) is 49.2 Å². The van der Waals surface area contributed by atoms with Crippen molar-refractivity contribution in [3.63, 3.8) is 0 Å². The maximum absolute atomic E-state index is 10.3. The molecular formula is C17H25N5OS. The maximum atomic E-state index is 10.3. The van der Waals surface area contributed by atoms with Gasteiger partial charge in [0.2, 0.25) is 0 Å². The van der Waals surface area contributed by atoms with Crippen molar-refractivity contribution in [3.05, 3.63) is 36.2 Å². The average Bonchev–Trinajstić information content (AvgIpc) is 2.67. The van der Waals surface area contributed by atoms with Gasteiger partial charge in [0.05, 0.1) is 6.10 Å². The largest absolute Gasteiger partial charge is 0.387 e. The van der Waals surface area contributed by atoms with Gasteiger partial charge in [-0.3, -0.25) is 0 Å².